The molecular weight excluding hydrogens is 474 g/mol. The minimum atomic E-state index is -1.56. The fourth-order valence-electron chi connectivity index (χ4n) is 4.04. The maximum Gasteiger partial charge on any atom is 0.265 e. The molecule has 1 heterocycles. The molecule has 1 N–H and O–H groups in total. The minimum Gasteiger partial charge on any atom is -0.493 e. The molecule has 2 unspecified atom stereocenters. The van der Waals surface area contributed by atoms with Crippen LogP contribution in [-0.4, -0.2) is 41.0 Å². The van der Waals surface area contributed by atoms with Crippen LogP contribution in [-0.2, 0) is 11.0 Å². The van der Waals surface area contributed by atoms with Crippen LogP contribution < -0.4 is 9.46 Å². The summed E-state index contributed by atoms with van der Waals surface area (Å²) in [7, 11) is -1.56. The zero-order valence-corrected chi connectivity index (χ0v) is 20.2. The highest BCUT2D eigenvalue weighted by atomic mass is 35.5. The van der Waals surface area contributed by atoms with Gasteiger partial charge in [-0.05, 0) is 61.1 Å². The Bertz CT molecular complexity index is 1040. The van der Waals surface area contributed by atoms with E-state index in [-0.39, 0.29) is 17.5 Å². The van der Waals surface area contributed by atoms with Crippen LogP contribution in [0, 0.1) is 11.7 Å². The van der Waals surface area contributed by atoms with E-state index in [1.165, 1.54) is 12.3 Å². The fourth-order valence-corrected chi connectivity index (χ4v) is 4.95. The van der Waals surface area contributed by atoms with Crippen molar-refractivity contribution in [1.82, 2.24) is 9.62 Å². The number of nitrogens with zero attached hydrogens (tertiary/aromatic N) is 1. The van der Waals surface area contributed by atoms with E-state index in [1.54, 1.807) is 12.1 Å². The molecule has 0 radical (unpaired) electrons. The first-order chi connectivity index (χ1) is 15.2. The first-order valence-electron chi connectivity index (χ1n) is 10.5. The van der Waals surface area contributed by atoms with E-state index in [2.05, 4.69) is 16.5 Å². The predicted octanol–water partition coefficient (Wildman–Crippen LogP) is 5.11. The van der Waals surface area contributed by atoms with Gasteiger partial charge in [0.1, 0.15) is 22.6 Å². The Hall–Kier alpha value is -1.67. The molecule has 1 saturated carbocycles. The Labute approximate surface area is 199 Å². The number of hydrogen-bond acceptors (Lipinski definition) is 4. The first-order valence-corrected chi connectivity index (χ1v) is 12.8. The Morgan fingerprint density at radius 3 is 2.47 bits per heavy atom. The number of likely N-dealkylation sites (tertiary alicyclic amines) is 1. The van der Waals surface area contributed by atoms with Gasteiger partial charge in [-0.3, -0.25) is 14.4 Å². The molecule has 5 nitrogen and oxygen atoms in total. The van der Waals surface area contributed by atoms with Crippen LogP contribution in [0.5, 0.6) is 5.75 Å². The summed E-state index contributed by atoms with van der Waals surface area (Å²) in [5, 5.41) is 1.24. The summed E-state index contributed by atoms with van der Waals surface area (Å²) in [5.41, 5.74) is 1.82. The van der Waals surface area contributed by atoms with Crippen molar-refractivity contribution in [3.8, 4) is 5.75 Å². The SMILES string of the molecule is CC(c1cc(Cl)cc(Cl)c1)N1CC(COc2cc(F)c(C(=O)NS(C)=O)cc2C2CC2)C1. The van der Waals surface area contributed by atoms with Gasteiger partial charge in [-0.25, -0.2) is 8.60 Å². The summed E-state index contributed by atoms with van der Waals surface area (Å²) in [5.74, 6) is -0.259. The van der Waals surface area contributed by atoms with Crippen LogP contribution in [0.1, 0.15) is 53.2 Å². The van der Waals surface area contributed by atoms with Gasteiger partial charge in [0.25, 0.3) is 5.91 Å². The van der Waals surface area contributed by atoms with Gasteiger partial charge in [0.15, 0.2) is 0 Å². The molecule has 0 spiro atoms. The van der Waals surface area contributed by atoms with E-state index in [4.69, 9.17) is 27.9 Å². The van der Waals surface area contributed by atoms with Gasteiger partial charge in [0.05, 0.1) is 12.2 Å². The molecule has 2 aromatic rings. The highest BCUT2D eigenvalue weighted by Crippen LogP contribution is 2.45. The summed E-state index contributed by atoms with van der Waals surface area (Å²) < 4.78 is 34.1. The molecule has 0 bridgehead atoms. The van der Waals surface area contributed by atoms with Crippen molar-refractivity contribution in [1.29, 1.82) is 0 Å². The van der Waals surface area contributed by atoms with E-state index in [0.29, 0.717) is 28.3 Å². The predicted molar refractivity (Wildman–Crippen MR) is 125 cm³/mol. The average molecular weight is 499 g/mol. The zero-order chi connectivity index (χ0) is 23.0. The minimum absolute atomic E-state index is 0.0988. The number of carbonyl (C=O) groups is 1. The first kappa shape index (κ1) is 23.5. The molecule has 1 aliphatic heterocycles. The molecule has 4 rings (SSSR count). The summed E-state index contributed by atoms with van der Waals surface area (Å²) in [6.45, 7) is 4.31. The molecule has 9 heteroatoms. The number of nitrogens with one attached hydrogen (secondary N) is 1. The third-order valence-corrected chi connectivity index (χ3v) is 6.88. The lowest BCUT2D eigenvalue weighted by atomic mass is 9.95. The van der Waals surface area contributed by atoms with Crippen molar-refractivity contribution in [3.05, 3.63) is 62.9 Å². The van der Waals surface area contributed by atoms with Gasteiger partial charge in [-0.1, -0.05) is 23.2 Å². The van der Waals surface area contributed by atoms with Crippen LogP contribution in [0.3, 0.4) is 0 Å². The summed E-state index contributed by atoms with van der Waals surface area (Å²) in [6.07, 6.45) is 3.30. The van der Waals surface area contributed by atoms with Gasteiger partial charge in [-0.2, -0.15) is 0 Å². The van der Waals surface area contributed by atoms with Crippen molar-refractivity contribution in [2.75, 3.05) is 26.0 Å². The molecule has 1 saturated heterocycles. The number of amides is 1. The molecule has 2 aliphatic rings. The topological polar surface area (TPSA) is 58.6 Å². The van der Waals surface area contributed by atoms with Crippen LogP contribution in [0.15, 0.2) is 30.3 Å². The number of ether oxygens (including phenoxy) is 1. The van der Waals surface area contributed by atoms with Gasteiger partial charge in [0, 0.05) is 47.4 Å². The molecule has 2 fully saturated rings. The molecule has 2 atom stereocenters. The van der Waals surface area contributed by atoms with Gasteiger partial charge >= 0.3 is 0 Å². The second-order valence-electron chi connectivity index (χ2n) is 8.54. The maximum atomic E-state index is 14.6. The Morgan fingerprint density at radius 2 is 1.88 bits per heavy atom. The summed E-state index contributed by atoms with van der Waals surface area (Å²) in [4.78, 5) is 14.5. The number of halogens is 3. The van der Waals surface area contributed by atoms with Gasteiger partial charge in [-0.15, -0.1) is 0 Å². The van der Waals surface area contributed by atoms with E-state index < -0.39 is 22.7 Å². The Morgan fingerprint density at radius 1 is 1.22 bits per heavy atom. The Balaban J connectivity index is 1.38. The second-order valence-corrected chi connectivity index (χ2v) is 10.5. The lowest BCUT2D eigenvalue weighted by Gasteiger charge is -2.43. The fraction of sp³-hybridized carbons (Fsp3) is 0.435. The normalized spacial score (nSPS) is 18.7. The van der Waals surface area contributed by atoms with Crippen LogP contribution in [0.2, 0.25) is 10.0 Å². The van der Waals surface area contributed by atoms with E-state index in [1.807, 2.05) is 12.1 Å². The molecular formula is C23H25Cl2FN2O3S. The molecule has 32 heavy (non-hydrogen) atoms. The lowest BCUT2D eigenvalue weighted by molar-refractivity contribution is 0.0307. The smallest absolute Gasteiger partial charge is 0.265 e. The molecule has 1 aliphatic carbocycles. The van der Waals surface area contributed by atoms with Crippen LogP contribution in [0.25, 0.3) is 0 Å². The Kier molecular flexibility index (Phi) is 7.10. The summed E-state index contributed by atoms with van der Waals surface area (Å²) >= 11 is 12.3. The van der Waals surface area contributed by atoms with Crippen molar-refractivity contribution >= 4 is 40.1 Å². The third kappa shape index (κ3) is 5.45. The number of rotatable bonds is 8. The maximum absolute atomic E-state index is 14.6. The number of hydrogen-bond donors (Lipinski definition) is 1. The van der Waals surface area contributed by atoms with Crippen LogP contribution in [0.4, 0.5) is 4.39 Å². The second kappa shape index (κ2) is 9.67. The highest BCUT2D eigenvalue weighted by molar-refractivity contribution is 7.82. The molecule has 172 valence electrons. The van der Waals surface area contributed by atoms with Crippen molar-refractivity contribution in [3.63, 3.8) is 0 Å². The monoisotopic (exact) mass is 498 g/mol. The zero-order valence-electron chi connectivity index (χ0n) is 17.9. The lowest BCUT2D eigenvalue weighted by Crippen LogP contribution is -2.50. The average Bonchev–Trinajstić information content (AvgIpc) is 3.50. The van der Waals surface area contributed by atoms with Crippen molar-refractivity contribution in [2.45, 2.75) is 31.7 Å². The largest absolute Gasteiger partial charge is 0.493 e. The van der Waals surface area contributed by atoms with E-state index in [9.17, 15) is 13.4 Å². The van der Waals surface area contributed by atoms with Crippen LogP contribution >= 0.6 is 23.2 Å². The molecule has 0 aromatic heterocycles. The van der Waals surface area contributed by atoms with Crippen molar-refractivity contribution < 1.29 is 18.1 Å². The highest BCUT2D eigenvalue weighted by Gasteiger charge is 2.33. The van der Waals surface area contributed by atoms with Crippen molar-refractivity contribution in [2.24, 2.45) is 5.92 Å². The van der Waals surface area contributed by atoms with Gasteiger partial charge < -0.3 is 4.74 Å². The van der Waals surface area contributed by atoms with Gasteiger partial charge in [0.2, 0.25) is 0 Å². The van der Waals surface area contributed by atoms with E-state index in [0.717, 1.165) is 37.1 Å². The molecule has 2 aromatic carbocycles. The number of carbonyl (C=O) groups excluding carboxylic acids is 1. The quantitative estimate of drug-likeness (QED) is 0.549. The third-order valence-electron chi connectivity index (χ3n) is 5.97. The number of benzene rings is 2. The standard InChI is InChI=1S/C23H25Cl2FN2O3S/c1-13(16-5-17(24)7-18(25)6-16)28-10-14(11-28)12-31-22-9-21(26)20(23(29)27-32(2)30)8-19(22)15-3-4-15/h5-9,13-15H,3-4,10-12H2,1-2H3,(H,27,29). The molecule has 1 amide bonds. The summed E-state index contributed by atoms with van der Waals surface area (Å²) in [6, 6.07) is 8.59. The van der Waals surface area contributed by atoms with E-state index >= 15 is 0 Å².